The van der Waals surface area contributed by atoms with Gasteiger partial charge in [0.25, 0.3) is 0 Å². The number of anilines is 1. The maximum Gasteiger partial charge on any atom is 0.417 e. The maximum atomic E-state index is 13.8. The summed E-state index contributed by atoms with van der Waals surface area (Å²) >= 11 is 6.11. The summed E-state index contributed by atoms with van der Waals surface area (Å²) in [6.45, 7) is 0. The van der Waals surface area contributed by atoms with E-state index >= 15 is 0 Å². The third-order valence-electron chi connectivity index (χ3n) is 8.39. The molecule has 2 saturated carbocycles. The first-order valence-electron chi connectivity index (χ1n) is 13.6. The number of benzene rings is 2. The van der Waals surface area contributed by atoms with Crippen molar-refractivity contribution in [3.05, 3.63) is 69.8 Å². The Morgan fingerprint density at radius 1 is 1.05 bits per heavy atom. The van der Waals surface area contributed by atoms with Crippen molar-refractivity contribution in [1.82, 2.24) is 19.1 Å². The summed E-state index contributed by atoms with van der Waals surface area (Å²) in [4.78, 5) is 27.8. The molecule has 1 amide bonds. The quantitative estimate of drug-likeness (QED) is 0.336. The number of halogens is 1. The Balaban J connectivity index is 1.20. The van der Waals surface area contributed by atoms with E-state index in [2.05, 4.69) is 10.3 Å². The molecule has 10 nitrogen and oxygen atoms in total. The van der Waals surface area contributed by atoms with Gasteiger partial charge in [0, 0.05) is 29.1 Å². The number of oxazole rings is 1. The molecule has 1 aliphatic heterocycles. The van der Waals surface area contributed by atoms with E-state index in [1.54, 1.807) is 16.8 Å². The van der Waals surface area contributed by atoms with Crippen molar-refractivity contribution in [3.8, 4) is 5.69 Å². The number of nitrogens with one attached hydrogen (secondary N) is 2. The minimum absolute atomic E-state index is 0.0149. The van der Waals surface area contributed by atoms with Crippen LogP contribution in [0.3, 0.4) is 0 Å². The highest BCUT2D eigenvalue weighted by atomic mass is 35.5. The molecule has 2 aromatic heterocycles. The average Bonchev–Trinajstić information content (AvgIpc) is 3.25. The second-order valence-corrected chi connectivity index (χ2v) is 13.3. The molecule has 4 aromatic rings. The molecule has 40 heavy (non-hydrogen) atoms. The number of carbonyl (C=O) groups is 1. The molecular weight excluding hydrogens is 554 g/mol. The molecule has 12 heteroatoms. The number of fused-ring (bicyclic) bond motifs is 2. The number of rotatable bonds is 6. The summed E-state index contributed by atoms with van der Waals surface area (Å²) in [5.41, 5.74) is 2.24. The zero-order valence-corrected chi connectivity index (χ0v) is 23.1. The van der Waals surface area contributed by atoms with Crippen molar-refractivity contribution in [2.24, 2.45) is 5.92 Å². The summed E-state index contributed by atoms with van der Waals surface area (Å²) in [7, 11) is -4.03. The summed E-state index contributed by atoms with van der Waals surface area (Å²) in [6, 6.07) is 12.3. The molecule has 2 N–H and O–H groups in total. The minimum atomic E-state index is -4.03. The first-order chi connectivity index (χ1) is 19.3. The van der Waals surface area contributed by atoms with E-state index in [4.69, 9.17) is 21.1 Å². The predicted octanol–water partition coefficient (Wildman–Crippen LogP) is 4.80. The third kappa shape index (κ3) is 4.46. The fraction of sp³-hybridized carbons (Fsp3) is 0.393. The van der Waals surface area contributed by atoms with Gasteiger partial charge in [-0.05, 0) is 68.0 Å². The highest BCUT2D eigenvalue weighted by Crippen LogP contribution is 2.50. The molecule has 3 fully saturated rings. The molecule has 3 heterocycles. The van der Waals surface area contributed by atoms with Crippen molar-refractivity contribution in [2.75, 3.05) is 5.32 Å². The lowest BCUT2D eigenvalue weighted by molar-refractivity contribution is -0.119. The van der Waals surface area contributed by atoms with Gasteiger partial charge in [0.05, 0.1) is 21.8 Å². The molecule has 2 aromatic carbocycles. The van der Waals surface area contributed by atoms with Crippen molar-refractivity contribution >= 4 is 44.4 Å². The molecule has 3 atom stereocenters. The van der Waals surface area contributed by atoms with Crippen LogP contribution in [0.1, 0.15) is 56.6 Å². The summed E-state index contributed by atoms with van der Waals surface area (Å²) in [6.07, 6.45) is 6.78. The van der Waals surface area contributed by atoms with Gasteiger partial charge in [-0.25, -0.2) is 17.9 Å². The van der Waals surface area contributed by atoms with Gasteiger partial charge >= 0.3 is 5.76 Å². The van der Waals surface area contributed by atoms with Gasteiger partial charge < -0.3 is 9.73 Å². The van der Waals surface area contributed by atoms with Crippen LogP contribution in [-0.2, 0) is 14.8 Å². The Kier molecular flexibility index (Phi) is 6.13. The van der Waals surface area contributed by atoms with E-state index in [-0.39, 0.29) is 22.4 Å². The van der Waals surface area contributed by atoms with Crippen LogP contribution in [-0.4, -0.2) is 45.5 Å². The van der Waals surface area contributed by atoms with Crippen LogP contribution in [0.25, 0.3) is 16.8 Å². The van der Waals surface area contributed by atoms with E-state index < -0.39 is 27.7 Å². The molecule has 3 aliphatic rings. The van der Waals surface area contributed by atoms with Crippen molar-refractivity contribution < 1.29 is 17.6 Å². The number of piperidine rings is 1. The Labute approximate surface area is 235 Å². The second kappa shape index (κ2) is 9.60. The Hall–Kier alpha value is -3.41. The lowest BCUT2D eigenvalue weighted by Gasteiger charge is -2.26. The summed E-state index contributed by atoms with van der Waals surface area (Å²) in [5.74, 6) is -0.0948. The number of amides is 1. The largest absolute Gasteiger partial charge is 0.417 e. The van der Waals surface area contributed by atoms with Gasteiger partial charge in [-0.2, -0.15) is 9.40 Å². The highest BCUT2D eigenvalue weighted by molar-refractivity contribution is 7.89. The molecule has 208 valence electrons. The minimum Gasteiger partial charge on any atom is -0.408 e. The maximum absolute atomic E-state index is 13.8. The number of sulfonamides is 1. The van der Waals surface area contributed by atoms with Crippen molar-refractivity contribution in [3.63, 3.8) is 0 Å². The van der Waals surface area contributed by atoms with Gasteiger partial charge in [-0.3, -0.25) is 9.78 Å². The summed E-state index contributed by atoms with van der Waals surface area (Å²) < 4.78 is 35.7. The number of hydrogen-bond acceptors (Lipinski definition) is 6. The van der Waals surface area contributed by atoms with Crippen LogP contribution in [0.2, 0.25) is 5.02 Å². The normalized spacial score (nSPS) is 23.4. The zero-order chi connectivity index (χ0) is 27.6. The SMILES string of the molecule is O=C(Nc1cc(C2CCCCC2)nn1-c1ccc(Cl)cc1)[C@@H]1C[C@H]2C[C@@H]2N1S(=O)(=O)c1ccc2[nH]c(=O)oc2c1. The van der Waals surface area contributed by atoms with E-state index in [0.29, 0.717) is 28.7 Å². The van der Waals surface area contributed by atoms with Gasteiger partial charge in [0.2, 0.25) is 15.9 Å². The first-order valence-corrected chi connectivity index (χ1v) is 15.4. The third-order valence-corrected chi connectivity index (χ3v) is 10.6. The Morgan fingerprint density at radius 3 is 2.60 bits per heavy atom. The number of aromatic amines is 1. The number of nitrogens with zero attached hydrogens (tertiary/aromatic N) is 3. The Morgan fingerprint density at radius 2 is 1.82 bits per heavy atom. The van der Waals surface area contributed by atoms with Crippen LogP contribution in [0, 0.1) is 5.92 Å². The summed E-state index contributed by atoms with van der Waals surface area (Å²) in [5, 5.41) is 8.48. The molecule has 0 spiro atoms. The van der Waals surface area contributed by atoms with Gasteiger partial charge in [0.1, 0.15) is 11.9 Å². The number of hydrogen-bond donors (Lipinski definition) is 2. The second-order valence-electron chi connectivity index (χ2n) is 11.0. The lowest BCUT2D eigenvalue weighted by atomic mass is 9.87. The fourth-order valence-corrected chi connectivity index (χ4v) is 8.27. The number of carbonyl (C=O) groups excluding carboxylic acids is 1. The molecule has 7 rings (SSSR count). The van der Waals surface area contributed by atoms with E-state index in [9.17, 15) is 18.0 Å². The van der Waals surface area contributed by atoms with Crippen LogP contribution < -0.4 is 11.1 Å². The molecule has 0 unspecified atom stereocenters. The van der Waals surface area contributed by atoms with Gasteiger partial charge in [0.15, 0.2) is 5.58 Å². The standard InChI is InChI=1S/C28H28ClN5O5S/c29-18-6-8-19(9-7-18)33-26(15-22(32-33)16-4-2-1-3-5-16)31-27(35)24-13-17-12-23(17)34(24)40(37,38)20-10-11-21-25(14-20)39-28(36)30-21/h6-11,14-17,23-24H,1-5,12-13H2,(H,30,36)(H,31,35)/t17-,23+,24+/m1/s1. The van der Waals surface area contributed by atoms with Crippen molar-refractivity contribution in [2.45, 2.75) is 67.8 Å². The number of aromatic nitrogens is 3. The highest BCUT2D eigenvalue weighted by Gasteiger charge is 2.59. The predicted molar refractivity (Wildman–Crippen MR) is 149 cm³/mol. The van der Waals surface area contributed by atoms with Crippen molar-refractivity contribution in [1.29, 1.82) is 0 Å². The Bertz CT molecular complexity index is 1770. The fourth-order valence-electron chi connectivity index (χ4n) is 6.27. The lowest BCUT2D eigenvalue weighted by Crippen LogP contribution is -2.45. The van der Waals surface area contributed by atoms with Gasteiger partial charge in [-0.15, -0.1) is 0 Å². The monoisotopic (exact) mass is 581 g/mol. The van der Waals surface area contributed by atoms with Crippen LogP contribution in [0.5, 0.6) is 0 Å². The molecule has 0 radical (unpaired) electrons. The topological polar surface area (TPSA) is 130 Å². The zero-order valence-electron chi connectivity index (χ0n) is 21.5. The molecule has 2 aliphatic carbocycles. The van der Waals surface area contributed by atoms with Crippen LogP contribution in [0.4, 0.5) is 5.82 Å². The molecule has 1 saturated heterocycles. The molecule has 0 bridgehead atoms. The smallest absolute Gasteiger partial charge is 0.408 e. The average molecular weight is 582 g/mol. The number of H-pyrrole nitrogens is 1. The molecular formula is C28H28ClN5O5S. The van der Waals surface area contributed by atoms with E-state index in [0.717, 1.165) is 43.5 Å². The van der Waals surface area contributed by atoms with E-state index in [1.165, 1.54) is 28.9 Å². The van der Waals surface area contributed by atoms with Crippen LogP contribution >= 0.6 is 11.6 Å². The van der Waals surface area contributed by atoms with Gasteiger partial charge in [-0.1, -0.05) is 30.9 Å². The first kappa shape index (κ1) is 25.6. The van der Waals surface area contributed by atoms with Crippen LogP contribution in [0.15, 0.2) is 62.6 Å². The van der Waals surface area contributed by atoms with E-state index in [1.807, 2.05) is 18.2 Å².